The number of nitrogen functional groups attached to an aromatic ring is 1. The molecule has 0 saturated carbocycles. The van der Waals surface area contributed by atoms with Gasteiger partial charge in [0, 0.05) is 12.8 Å². The number of carbonyl (C=O) groups excluding carboxylic acids is 3. The van der Waals surface area contributed by atoms with Gasteiger partial charge >= 0.3 is 25.7 Å². The van der Waals surface area contributed by atoms with E-state index in [1.54, 1.807) is 52.0 Å². The minimum Gasteiger partial charge on any atom is -0.462 e. The predicted octanol–water partition coefficient (Wildman–Crippen LogP) is 3.21. The molecule has 0 unspecified atom stereocenters. The van der Waals surface area contributed by atoms with Crippen molar-refractivity contribution >= 4 is 37.0 Å². The molecule has 3 N–H and O–H groups in total. The molecule has 3 aromatic rings. The summed E-state index contributed by atoms with van der Waals surface area (Å²) in [6, 6.07) is 12.0. The van der Waals surface area contributed by atoms with E-state index < -0.39 is 68.3 Å². The van der Waals surface area contributed by atoms with Gasteiger partial charge in [-0.1, -0.05) is 32.0 Å². The Kier molecular flexibility index (Phi) is 11.2. The van der Waals surface area contributed by atoms with Crippen molar-refractivity contribution in [3.8, 4) is 11.8 Å². The van der Waals surface area contributed by atoms with Gasteiger partial charge in [-0.15, -0.1) is 0 Å². The third-order valence-corrected chi connectivity index (χ3v) is 8.61. The second-order valence-electron chi connectivity index (χ2n) is 10.8. The number of esters is 3. The van der Waals surface area contributed by atoms with E-state index in [0.29, 0.717) is 5.52 Å². The average Bonchev–Trinajstić information content (AvgIpc) is 3.60. The number of carbonyl (C=O) groups is 3. The van der Waals surface area contributed by atoms with Gasteiger partial charge in [0.15, 0.2) is 18.0 Å². The number of benzene rings is 1. The molecule has 17 heteroatoms. The van der Waals surface area contributed by atoms with Crippen molar-refractivity contribution in [3.05, 3.63) is 54.5 Å². The van der Waals surface area contributed by atoms with Gasteiger partial charge in [0.25, 0.3) is 0 Å². The summed E-state index contributed by atoms with van der Waals surface area (Å²) in [4.78, 5) is 42.0. The molecule has 1 aliphatic rings. The van der Waals surface area contributed by atoms with Gasteiger partial charge in [-0.3, -0.25) is 18.9 Å². The molecule has 0 aliphatic carbocycles. The van der Waals surface area contributed by atoms with E-state index in [4.69, 9.17) is 33.7 Å². The summed E-state index contributed by atoms with van der Waals surface area (Å²) in [6.45, 7) is 7.21. The van der Waals surface area contributed by atoms with Crippen LogP contribution in [0.1, 0.15) is 53.2 Å². The number of fused-ring (bicyclic) bond motifs is 1. The smallest absolute Gasteiger partial charge is 0.459 e. The Morgan fingerprint density at radius 1 is 1.11 bits per heavy atom. The Bertz CT molecular complexity index is 1680. The van der Waals surface area contributed by atoms with Crippen molar-refractivity contribution in [1.29, 1.82) is 5.26 Å². The Hall–Kier alpha value is -4.55. The fraction of sp³-hybridized carbons (Fsp3) is 0.467. The fourth-order valence-corrected chi connectivity index (χ4v) is 6.27. The van der Waals surface area contributed by atoms with Crippen LogP contribution in [-0.4, -0.2) is 69.6 Å². The Labute approximate surface area is 271 Å². The lowest BCUT2D eigenvalue weighted by Crippen LogP contribution is -2.46. The van der Waals surface area contributed by atoms with Crippen LogP contribution in [0.5, 0.6) is 5.75 Å². The fourth-order valence-electron chi connectivity index (χ4n) is 4.77. The molecule has 252 valence electrons. The summed E-state index contributed by atoms with van der Waals surface area (Å²) in [7, 11) is -4.43. The first-order chi connectivity index (χ1) is 22.4. The maximum Gasteiger partial charge on any atom is 0.459 e. The molecular formula is C30H37N6O10P. The maximum absolute atomic E-state index is 14.2. The van der Waals surface area contributed by atoms with Crippen molar-refractivity contribution < 1.29 is 46.9 Å². The third kappa shape index (κ3) is 7.88. The zero-order valence-corrected chi connectivity index (χ0v) is 27.4. The number of hydrogen-bond donors (Lipinski definition) is 2. The van der Waals surface area contributed by atoms with Crippen molar-refractivity contribution in [2.24, 2.45) is 0 Å². The first kappa shape index (κ1) is 35.3. The van der Waals surface area contributed by atoms with E-state index in [-0.39, 0.29) is 30.1 Å². The van der Waals surface area contributed by atoms with Gasteiger partial charge in [-0.05, 0) is 45.0 Å². The molecule has 47 heavy (non-hydrogen) atoms. The normalized spacial score (nSPS) is 22.6. The first-order valence-electron chi connectivity index (χ1n) is 14.9. The van der Waals surface area contributed by atoms with Crippen LogP contribution in [0.4, 0.5) is 5.82 Å². The molecule has 1 aromatic carbocycles. The van der Waals surface area contributed by atoms with Gasteiger partial charge in [-0.2, -0.15) is 15.4 Å². The Balaban J connectivity index is 1.75. The van der Waals surface area contributed by atoms with Crippen LogP contribution in [0.25, 0.3) is 5.52 Å². The van der Waals surface area contributed by atoms with Gasteiger partial charge in [0.2, 0.25) is 5.60 Å². The van der Waals surface area contributed by atoms with Crippen LogP contribution < -0.4 is 15.3 Å². The SMILES string of the molecule is CCC(=O)O[C@H]1[C@@H](OC(=O)CC)[C@](C#N)(c2ccc3c(N)ncnn23)O[C@@H]1CO[P@@](=O)(N[C@@H](C)C(=O)OC(C)C)Oc1ccccc1. The lowest BCUT2D eigenvalue weighted by molar-refractivity contribution is -0.169. The molecule has 1 saturated heterocycles. The van der Waals surface area contributed by atoms with Crippen LogP contribution in [0.3, 0.4) is 0 Å². The van der Waals surface area contributed by atoms with Crippen LogP contribution >= 0.6 is 7.75 Å². The predicted molar refractivity (Wildman–Crippen MR) is 164 cm³/mol. The molecule has 16 nitrogen and oxygen atoms in total. The lowest BCUT2D eigenvalue weighted by Gasteiger charge is -2.28. The molecule has 1 aliphatic heterocycles. The molecule has 0 bridgehead atoms. The molecule has 0 radical (unpaired) electrons. The molecule has 4 rings (SSSR count). The molecule has 2 aromatic heterocycles. The summed E-state index contributed by atoms with van der Waals surface area (Å²) in [5, 5.41) is 17.5. The highest BCUT2D eigenvalue weighted by Gasteiger charge is 2.62. The van der Waals surface area contributed by atoms with Crippen molar-refractivity contribution in [2.45, 2.75) is 83.5 Å². The van der Waals surface area contributed by atoms with E-state index in [1.807, 2.05) is 0 Å². The summed E-state index contributed by atoms with van der Waals surface area (Å²) in [5.74, 6) is -1.89. The highest BCUT2D eigenvalue weighted by atomic mass is 31.2. The standard InChI is InChI=1S/C30H37N6O10P/c1-6-24(37)43-26-22(15-41-47(40,46-20-11-9-8-10-12-20)35-19(5)29(39)42-18(3)4)45-30(16-31,27(26)44-25(38)7-2)23-14-13-21-28(32)33-17-34-36(21)23/h8-14,17-19,22,26-27H,6-7,15H2,1-5H3,(H,35,40)(H2,32,33,34)/t19-,22+,26+,27+,30-,47-/m0/s1. The van der Waals surface area contributed by atoms with Gasteiger partial charge in [0.05, 0.1) is 18.4 Å². The van der Waals surface area contributed by atoms with Crippen LogP contribution in [-0.2, 0) is 48.0 Å². The number of anilines is 1. The second-order valence-corrected chi connectivity index (χ2v) is 12.5. The minimum absolute atomic E-state index is 0.0669. The molecular weight excluding hydrogens is 635 g/mol. The van der Waals surface area contributed by atoms with E-state index in [2.05, 4.69) is 21.2 Å². The van der Waals surface area contributed by atoms with Crippen LogP contribution in [0.2, 0.25) is 0 Å². The van der Waals surface area contributed by atoms with Gasteiger partial charge in [0.1, 0.15) is 35.8 Å². The van der Waals surface area contributed by atoms with Crippen molar-refractivity contribution in [3.63, 3.8) is 0 Å². The number of nitriles is 1. The summed E-state index contributed by atoms with van der Waals surface area (Å²) in [5.41, 5.74) is 4.31. The number of hydrogen-bond acceptors (Lipinski definition) is 14. The number of nitrogens with two attached hydrogens (primary N) is 1. The van der Waals surface area contributed by atoms with Crippen molar-refractivity contribution in [1.82, 2.24) is 19.7 Å². The molecule has 6 atom stereocenters. The maximum atomic E-state index is 14.2. The summed E-state index contributed by atoms with van der Waals surface area (Å²) in [6.07, 6.45) is -3.76. The molecule has 0 spiro atoms. The molecule has 0 amide bonds. The molecule has 3 heterocycles. The minimum atomic E-state index is -4.43. The molecule has 1 fully saturated rings. The van der Waals surface area contributed by atoms with Crippen LogP contribution in [0, 0.1) is 11.3 Å². The number of nitrogens with zero attached hydrogens (tertiary/aromatic N) is 4. The van der Waals surface area contributed by atoms with E-state index in [9.17, 15) is 24.2 Å². The Morgan fingerprint density at radius 3 is 2.43 bits per heavy atom. The Morgan fingerprint density at radius 2 is 1.79 bits per heavy atom. The number of rotatable bonds is 14. The highest BCUT2D eigenvalue weighted by molar-refractivity contribution is 7.52. The third-order valence-electron chi connectivity index (χ3n) is 6.97. The number of para-hydroxylation sites is 1. The highest BCUT2D eigenvalue weighted by Crippen LogP contribution is 2.48. The number of nitrogens with one attached hydrogen (secondary N) is 1. The zero-order chi connectivity index (χ0) is 34.4. The second kappa shape index (κ2) is 14.9. The van der Waals surface area contributed by atoms with E-state index in [0.717, 1.165) is 0 Å². The first-order valence-corrected chi connectivity index (χ1v) is 16.4. The number of aromatic nitrogens is 3. The average molecular weight is 673 g/mol. The van der Waals surface area contributed by atoms with E-state index >= 15 is 0 Å². The zero-order valence-electron chi connectivity index (χ0n) is 26.5. The largest absolute Gasteiger partial charge is 0.462 e. The van der Waals surface area contributed by atoms with Gasteiger partial charge in [-0.25, -0.2) is 14.1 Å². The topological polar surface area (TPSA) is 216 Å². The van der Waals surface area contributed by atoms with Crippen molar-refractivity contribution in [2.75, 3.05) is 12.3 Å². The summed E-state index contributed by atoms with van der Waals surface area (Å²) < 4.78 is 50.0. The number of ether oxygens (including phenoxy) is 4. The van der Waals surface area contributed by atoms with E-state index in [1.165, 1.54) is 36.0 Å². The summed E-state index contributed by atoms with van der Waals surface area (Å²) >= 11 is 0. The monoisotopic (exact) mass is 672 g/mol. The van der Waals surface area contributed by atoms with Crippen LogP contribution in [0.15, 0.2) is 48.8 Å². The lowest BCUT2D eigenvalue weighted by atomic mass is 9.92. The van der Waals surface area contributed by atoms with Gasteiger partial charge < -0.3 is 29.2 Å². The quantitative estimate of drug-likeness (QED) is 0.143.